The van der Waals surface area contributed by atoms with Crippen LogP contribution in [0.2, 0.25) is 0 Å². The van der Waals surface area contributed by atoms with E-state index in [0.29, 0.717) is 22.9 Å². The number of alkyl halides is 1. The molecule has 1 unspecified atom stereocenters. The van der Waals surface area contributed by atoms with E-state index in [4.69, 9.17) is 0 Å². The Kier molecular flexibility index (Phi) is 3.10. The van der Waals surface area contributed by atoms with E-state index >= 15 is 0 Å². The van der Waals surface area contributed by atoms with E-state index in [1.807, 2.05) is 6.92 Å². The molecule has 0 aliphatic rings. The Morgan fingerprint density at radius 1 is 1.56 bits per heavy atom. The lowest BCUT2D eigenvalue weighted by Crippen LogP contribution is -2.12. The van der Waals surface area contributed by atoms with Crippen molar-refractivity contribution < 1.29 is 9.18 Å². The van der Waals surface area contributed by atoms with Gasteiger partial charge in [0.25, 0.3) is 0 Å². The summed E-state index contributed by atoms with van der Waals surface area (Å²) in [6, 6.07) is 4.74. The van der Waals surface area contributed by atoms with Gasteiger partial charge in [-0.3, -0.25) is 4.79 Å². The second-order valence-electron chi connectivity index (χ2n) is 3.60. The molecule has 2 aromatic rings. The van der Waals surface area contributed by atoms with Gasteiger partial charge in [0.15, 0.2) is 5.78 Å². The van der Waals surface area contributed by atoms with Crippen molar-refractivity contribution in [1.29, 1.82) is 0 Å². The van der Waals surface area contributed by atoms with Gasteiger partial charge in [0.2, 0.25) is 0 Å². The van der Waals surface area contributed by atoms with E-state index in [1.54, 1.807) is 18.3 Å². The molecule has 0 saturated heterocycles. The van der Waals surface area contributed by atoms with Gasteiger partial charge in [0.1, 0.15) is 5.82 Å². The largest absolute Gasteiger partial charge is 0.360 e. The minimum atomic E-state index is -0.363. The molecule has 0 aliphatic heterocycles. The summed E-state index contributed by atoms with van der Waals surface area (Å²) < 4.78 is 13.6. The number of rotatable bonds is 3. The molecule has 0 radical (unpaired) electrons. The summed E-state index contributed by atoms with van der Waals surface area (Å²) in [5.74, 6) is -0.447. The topological polar surface area (TPSA) is 32.9 Å². The average molecular weight is 284 g/mol. The highest BCUT2D eigenvalue weighted by Crippen LogP contribution is 2.24. The highest BCUT2D eigenvalue weighted by Gasteiger charge is 2.20. The van der Waals surface area contributed by atoms with Crippen LogP contribution in [0.15, 0.2) is 24.4 Å². The molecule has 0 saturated carbocycles. The predicted molar refractivity (Wildman–Crippen MR) is 65.6 cm³/mol. The van der Waals surface area contributed by atoms with Crippen molar-refractivity contribution in [3.05, 3.63) is 35.8 Å². The molecule has 1 heterocycles. The summed E-state index contributed by atoms with van der Waals surface area (Å²) in [6.45, 7) is 1.91. The number of benzene rings is 1. The fourth-order valence-corrected chi connectivity index (χ4v) is 1.94. The van der Waals surface area contributed by atoms with Crippen LogP contribution in [0.3, 0.4) is 0 Å². The zero-order valence-corrected chi connectivity index (χ0v) is 10.3. The van der Waals surface area contributed by atoms with Crippen LogP contribution in [0.5, 0.6) is 0 Å². The summed E-state index contributed by atoms with van der Waals surface area (Å²) in [6.07, 6.45) is 2.25. The van der Waals surface area contributed by atoms with Crippen molar-refractivity contribution in [2.75, 3.05) is 0 Å². The molecule has 2 nitrogen and oxygen atoms in total. The number of ketones is 1. The Morgan fingerprint density at radius 3 is 3.00 bits per heavy atom. The molecular weight excluding hydrogens is 273 g/mol. The Labute approximate surface area is 101 Å². The second kappa shape index (κ2) is 4.37. The lowest BCUT2D eigenvalue weighted by Gasteiger charge is -2.04. The smallest absolute Gasteiger partial charge is 0.178 e. The summed E-state index contributed by atoms with van der Waals surface area (Å²) in [5, 5.41) is 0.380. The van der Waals surface area contributed by atoms with Crippen LogP contribution < -0.4 is 0 Å². The van der Waals surface area contributed by atoms with E-state index in [1.165, 1.54) is 6.07 Å². The quantitative estimate of drug-likeness (QED) is 0.677. The van der Waals surface area contributed by atoms with E-state index in [-0.39, 0.29) is 16.4 Å². The molecule has 84 valence electrons. The highest BCUT2D eigenvalue weighted by molar-refractivity contribution is 9.10. The van der Waals surface area contributed by atoms with E-state index in [9.17, 15) is 9.18 Å². The van der Waals surface area contributed by atoms with Crippen molar-refractivity contribution in [1.82, 2.24) is 4.98 Å². The number of H-pyrrole nitrogens is 1. The molecule has 1 N–H and O–H groups in total. The third-order valence-electron chi connectivity index (χ3n) is 2.56. The number of carbonyl (C=O) groups is 1. The maximum absolute atomic E-state index is 13.6. The van der Waals surface area contributed by atoms with Crippen molar-refractivity contribution in [2.45, 2.75) is 18.2 Å². The van der Waals surface area contributed by atoms with E-state index in [0.717, 1.165) is 0 Å². The van der Waals surface area contributed by atoms with E-state index in [2.05, 4.69) is 20.9 Å². The standard InChI is InChI=1S/C12H11BrFNO/c1-2-8(13)12(16)7-6-15-10-5-3-4-9(14)11(7)10/h3-6,8,15H,2H2,1H3. The van der Waals surface area contributed by atoms with Crippen molar-refractivity contribution in [3.8, 4) is 0 Å². The zero-order valence-electron chi connectivity index (χ0n) is 8.76. The maximum Gasteiger partial charge on any atom is 0.178 e. The SMILES string of the molecule is CCC(Br)C(=O)c1c[nH]c2cccc(F)c12. The van der Waals surface area contributed by atoms with Crippen LogP contribution in [0.25, 0.3) is 10.9 Å². The van der Waals surface area contributed by atoms with Crippen LogP contribution >= 0.6 is 15.9 Å². The van der Waals surface area contributed by atoms with Crippen molar-refractivity contribution in [3.63, 3.8) is 0 Å². The van der Waals surface area contributed by atoms with Gasteiger partial charge >= 0.3 is 0 Å². The minimum Gasteiger partial charge on any atom is -0.360 e. The van der Waals surface area contributed by atoms with Gasteiger partial charge in [0.05, 0.1) is 4.83 Å². The molecule has 2 rings (SSSR count). The first-order valence-corrected chi connectivity index (χ1v) is 6.00. The molecule has 0 bridgehead atoms. The minimum absolute atomic E-state index is 0.0844. The third kappa shape index (κ3) is 1.78. The van der Waals surface area contributed by atoms with Crippen LogP contribution in [0.4, 0.5) is 4.39 Å². The number of hydrogen-bond acceptors (Lipinski definition) is 1. The number of Topliss-reactive ketones (excluding diaryl/α,β-unsaturated/α-hetero) is 1. The zero-order chi connectivity index (χ0) is 11.7. The highest BCUT2D eigenvalue weighted by atomic mass is 79.9. The average Bonchev–Trinajstić information content (AvgIpc) is 2.72. The van der Waals surface area contributed by atoms with Gasteiger partial charge in [0, 0.05) is 22.7 Å². The van der Waals surface area contributed by atoms with Gasteiger partial charge < -0.3 is 4.98 Å². The molecule has 16 heavy (non-hydrogen) atoms. The number of carbonyl (C=O) groups excluding carboxylic acids is 1. The summed E-state index contributed by atoms with van der Waals surface area (Å²) >= 11 is 3.29. The number of aromatic nitrogens is 1. The van der Waals surface area contributed by atoms with Crippen molar-refractivity contribution >= 4 is 32.6 Å². The first-order valence-electron chi connectivity index (χ1n) is 5.09. The van der Waals surface area contributed by atoms with Gasteiger partial charge in [-0.05, 0) is 18.6 Å². The lowest BCUT2D eigenvalue weighted by atomic mass is 10.1. The predicted octanol–water partition coefficient (Wildman–Crippen LogP) is 3.66. The normalized spacial score (nSPS) is 12.9. The molecule has 1 aromatic heterocycles. The fraction of sp³-hybridized carbons (Fsp3) is 0.250. The monoisotopic (exact) mass is 283 g/mol. The molecule has 0 aliphatic carbocycles. The summed E-state index contributed by atoms with van der Waals surface area (Å²) in [5.41, 5.74) is 1.07. The van der Waals surface area contributed by atoms with Gasteiger partial charge in [-0.15, -0.1) is 0 Å². The van der Waals surface area contributed by atoms with Gasteiger partial charge in [-0.1, -0.05) is 28.9 Å². The Balaban J connectivity index is 2.57. The van der Waals surface area contributed by atoms with Gasteiger partial charge in [-0.25, -0.2) is 4.39 Å². The Morgan fingerprint density at radius 2 is 2.31 bits per heavy atom. The number of fused-ring (bicyclic) bond motifs is 1. The van der Waals surface area contributed by atoms with Crippen LogP contribution in [0.1, 0.15) is 23.7 Å². The molecule has 1 atom stereocenters. The summed E-state index contributed by atoms with van der Waals surface area (Å²) in [4.78, 5) is 14.6. The Bertz CT molecular complexity index is 535. The van der Waals surface area contributed by atoms with Crippen LogP contribution in [-0.4, -0.2) is 15.6 Å². The molecule has 0 amide bonds. The third-order valence-corrected chi connectivity index (χ3v) is 3.63. The lowest BCUT2D eigenvalue weighted by molar-refractivity contribution is 0.0991. The first-order chi connectivity index (χ1) is 7.65. The number of halogens is 2. The molecule has 0 spiro atoms. The first kappa shape index (κ1) is 11.3. The number of aromatic amines is 1. The van der Waals surface area contributed by atoms with Crippen molar-refractivity contribution in [2.24, 2.45) is 0 Å². The molecule has 1 aromatic carbocycles. The second-order valence-corrected chi connectivity index (χ2v) is 4.71. The Hall–Kier alpha value is -1.16. The molecular formula is C12H11BrFNO. The van der Waals surface area contributed by atoms with Crippen LogP contribution in [-0.2, 0) is 0 Å². The molecule has 4 heteroatoms. The fourth-order valence-electron chi connectivity index (χ4n) is 1.69. The van der Waals surface area contributed by atoms with Crippen LogP contribution in [0, 0.1) is 5.82 Å². The number of nitrogens with one attached hydrogen (secondary N) is 1. The summed E-state index contributed by atoms with van der Waals surface area (Å²) in [7, 11) is 0. The number of hydrogen-bond donors (Lipinski definition) is 1. The van der Waals surface area contributed by atoms with Gasteiger partial charge in [-0.2, -0.15) is 0 Å². The molecule has 0 fully saturated rings. The van der Waals surface area contributed by atoms with E-state index < -0.39 is 0 Å². The maximum atomic E-state index is 13.6.